The lowest BCUT2D eigenvalue weighted by molar-refractivity contribution is 0.0935. The molecule has 0 radical (unpaired) electrons. The molecule has 1 amide bonds. The lowest BCUT2D eigenvalue weighted by Crippen LogP contribution is -2.36. The van der Waals surface area contributed by atoms with Gasteiger partial charge in [-0.2, -0.15) is 5.10 Å². The second-order valence-corrected chi connectivity index (χ2v) is 9.56. The highest BCUT2D eigenvalue weighted by Crippen LogP contribution is 2.20. The standard InChI is InChI=1S/C23H29N5O3S/c1-4-5-6-19-8-10-20(11-9-19)27-32(30,31)21-12-7-17(2)22(13-21)23(29)26-18(3)14-28-16-24-15-25-28/h7-13,15-16,18,27H,4-6,14H2,1-3H3,(H,26,29). The third-order valence-corrected chi connectivity index (χ3v) is 6.47. The molecule has 0 aliphatic rings. The van der Waals surface area contributed by atoms with Gasteiger partial charge in [0.15, 0.2) is 0 Å². The van der Waals surface area contributed by atoms with Crippen molar-refractivity contribution in [2.24, 2.45) is 0 Å². The summed E-state index contributed by atoms with van der Waals surface area (Å²) in [6.07, 6.45) is 6.17. The van der Waals surface area contributed by atoms with Crippen LogP contribution in [0.15, 0.2) is 60.0 Å². The molecule has 0 spiro atoms. The lowest BCUT2D eigenvalue weighted by Gasteiger charge is -2.16. The van der Waals surface area contributed by atoms with Crippen LogP contribution in [0.4, 0.5) is 5.69 Å². The van der Waals surface area contributed by atoms with Crippen molar-refractivity contribution in [3.05, 3.63) is 71.8 Å². The van der Waals surface area contributed by atoms with Crippen molar-refractivity contribution in [1.82, 2.24) is 20.1 Å². The van der Waals surface area contributed by atoms with E-state index in [9.17, 15) is 13.2 Å². The minimum Gasteiger partial charge on any atom is -0.348 e. The molecule has 0 saturated carbocycles. The van der Waals surface area contributed by atoms with E-state index in [0.717, 1.165) is 19.3 Å². The van der Waals surface area contributed by atoms with Crippen molar-refractivity contribution in [3.63, 3.8) is 0 Å². The summed E-state index contributed by atoms with van der Waals surface area (Å²) in [5, 5.41) is 6.91. The van der Waals surface area contributed by atoms with Crippen LogP contribution in [0, 0.1) is 6.92 Å². The summed E-state index contributed by atoms with van der Waals surface area (Å²) in [5.41, 5.74) is 2.66. The van der Waals surface area contributed by atoms with E-state index in [1.807, 2.05) is 19.1 Å². The summed E-state index contributed by atoms with van der Waals surface area (Å²) in [7, 11) is -3.84. The molecule has 1 aromatic heterocycles. The van der Waals surface area contributed by atoms with E-state index in [1.165, 1.54) is 24.0 Å². The summed E-state index contributed by atoms with van der Waals surface area (Å²) in [6.45, 7) is 6.21. The average molecular weight is 456 g/mol. The van der Waals surface area contributed by atoms with E-state index >= 15 is 0 Å². The van der Waals surface area contributed by atoms with E-state index in [1.54, 1.807) is 36.1 Å². The zero-order chi connectivity index (χ0) is 23.1. The molecule has 1 heterocycles. The smallest absolute Gasteiger partial charge is 0.261 e. The molecule has 0 fully saturated rings. The fourth-order valence-electron chi connectivity index (χ4n) is 3.30. The highest BCUT2D eigenvalue weighted by atomic mass is 32.2. The molecule has 2 N–H and O–H groups in total. The van der Waals surface area contributed by atoms with Crippen molar-refractivity contribution in [3.8, 4) is 0 Å². The number of aromatic nitrogens is 3. The molecular weight excluding hydrogens is 426 g/mol. The molecule has 0 bridgehead atoms. The van der Waals surface area contributed by atoms with Crippen LogP contribution in [0.3, 0.4) is 0 Å². The zero-order valence-corrected chi connectivity index (χ0v) is 19.4. The summed E-state index contributed by atoms with van der Waals surface area (Å²) in [6, 6.07) is 11.7. The lowest BCUT2D eigenvalue weighted by atomic mass is 10.1. The first kappa shape index (κ1) is 23.5. The van der Waals surface area contributed by atoms with Gasteiger partial charge in [0.05, 0.1) is 11.4 Å². The fraction of sp³-hybridized carbons (Fsp3) is 0.348. The van der Waals surface area contributed by atoms with Gasteiger partial charge in [0, 0.05) is 17.3 Å². The second kappa shape index (κ2) is 10.4. The molecule has 9 heteroatoms. The molecule has 8 nitrogen and oxygen atoms in total. The molecular formula is C23H29N5O3S. The number of aryl methyl sites for hydroxylation is 2. The average Bonchev–Trinajstić information content (AvgIpc) is 3.26. The van der Waals surface area contributed by atoms with Gasteiger partial charge in [-0.05, 0) is 62.1 Å². The Kier molecular flexibility index (Phi) is 7.63. The van der Waals surface area contributed by atoms with E-state index in [0.29, 0.717) is 23.4 Å². The minimum atomic E-state index is -3.84. The molecule has 1 atom stereocenters. The van der Waals surface area contributed by atoms with Crippen LogP contribution in [-0.4, -0.2) is 35.1 Å². The minimum absolute atomic E-state index is 0.0345. The fourth-order valence-corrected chi connectivity index (χ4v) is 4.39. The zero-order valence-electron chi connectivity index (χ0n) is 18.6. The topological polar surface area (TPSA) is 106 Å². The second-order valence-electron chi connectivity index (χ2n) is 7.87. The Morgan fingerprint density at radius 1 is 1.16 bits per heavy atom. The van der Waals surface area contributed by atoms with E-state index in [4.69, 9.17) is 0 Å². The Balaban J connectivity index is 1.72. The number of amides is 1. The van der Waals surface area contributed by atoms with Gasteiger partial charge in [-0.1, -0.05) is 31.5 Å². The third kappa shape index (κ3) is 6.16. The normalized spacial score (nSPS) is 12.3. The number of carbonyl (C=O) groups is 1. The van der Waals surface area contributed by atoms with Gasteiger partial charge in [0.1, 0.15) is 12.7 Å². The van der Waals surface area contributed by atoms with Crippen molar-refractivity contribution in [1.29, 1.82) is 0 Å². The predicted molar refractivity (Wildman–Crippen MR) is 124 cm³/mol. The molecule has 1 unspecified atom stereocenters. The molecule has 3 rings (SSSR count). The van der Waals surface area contributed by atoms with Crippen LogP contribution >= 0.6 is 0 Å². The van der Waals surface area contributed by atoms with Gasteiger partial charge in [-0.3, -0.25) is 14.2 Å². The maximum Gasteiger partial charge on any atom is 0.261 e. The predicted octanol–water partition coefficient (Wildman–Crippen LogP) is 3.55. The van der Waals surface area contributed by atoms with Gasteiger partial charge in [-0.15, -0.1) is 0 Å². The van der Waals surface area contributed by atoms with Gasteiger partial charge < -0.3 is 5.32 Å². The van der Waals surface area contributed by atoms with Crippen LogP contribution < -0.4 is 10.0 Å². The highest BCUT2D eigenvalue weighted by Gasteiger charge is 2.19. The summed E-state index contributed by atoms with van der Waals surface area (Å²) >= 11 is 0. The number of hydrogen-bond donors (Lipinski definition) is 2. The van der Waals surface area contributed by atoms with Gasteiger partial charge in [-0.25, -0.2) is 13.4 Å². The quantitative estimate of drug-likeness (QED) is 0.486. The van der Waals surface area contributed by atoms with Crippen molar-refractivity contribution in [2.75, 3.05) is 4.72 Å². The van der Waals surface area contributed by atoms with E-state index in [2.05, 4.69) is 27.0 Å². The number of unbranched alkanes of at least 4 members (excludes halogenated alkanes) is 1. The molecule has 32 heavy (non-hydrogen) atoms. The van der Waals surface area contributed by atoms with Crippen molar-refractivity contribution in [2.45, 2.75) is 57.5 Å². The van der Waals surface area contributed by atoms with Crippen LogP contribution in [0.25, 0.3) is 0 Å². The van der Waals surface area contributed by atoms with Crippen molar-refractivity contribution < 1.29 is 13.2 Å². The number of carbonyl (C=O) groups excluding carboxylic acids is 1. The molecule has 2 aromatic carbocycles. The summed E-state index contributed by atoms with van der Waals surface area (Å²) < 4.78 is 30.1. The number of rotatable bonds is 10. The number of anilines is 1. The summed E-state index contributed by atoms with van der Waals surface area (Å²) in [4.78, 5) is 16.7. The number of nitrogens with zero attached hydrogens (tertiary/aromatic N) is 3. The highest BCUT2D eigenvalue weighted by molar-refractivity contribution is 7.92. The maximum atomic E-state index is 12.9. The Morgan fingerprint density at radius 3 is 2.56 bits per heavy atom. The first-order chi connectivity index (χ1) is 15.3. The first-order valence-corrected chi connectivity index (χ1v) is 12.1. The van der Waals surface area contributed by atoms with Gasteiger partial charge in [0.2, 0.25) is 0 Å². The third-order valence-electron chi connectivity index (χ3n) is 5.09. The number of benzene rings is 2. The van der Waals surface area contributed by atoms with E-state index in [-0.39, 0.29) is 16.8 Å². The monoisotopic (exact) mass is 455 g/mol. The Bertz CT molecular complexity index is 1140. The van der Waals surface area contributed by atoms with Crippen LogP contribution in [0.1, 0.15) is 48.2 Å². The maximum absolute atomic E-state index is 12.9. The van der Waals surface area contributed by atoms with Gasteiger partial charge in [0.25, 0.3) is 15.9 Å². The molecule has 3 aromatic rings. The molecule has 0 aliphatic carbocycles. The molecule has 0 saturated heterocycles. The molecule has 0 aliphatic heterocycles. The number of nitrogens with one attached hydrogen (secondary N) is 2. The Labute approximate surface area is 189 Å². The Hall–Kier alpha value is -3.20. The molecule has 170 valence electrons. The summed E-state index contributed by atoms with van der Waals surface area (Å²) in [5.74, 6) is -0.340. The first-order valence-electron chi connectivity index (χ1n) is 10.6. The van der Waals surface area contributed by atoms with E-state index < -0.39 is 10.0 Å². The van der Waals surface area contributed by atoms with Crippen LogP contribution in [0.2, 0.25) is 0 Å². The van der Waals surface area contributed by atoms with Crippen LogP contribution in [-0.2, 0) is 23.0 Å². The number of sulfonamides is 1. The number of hydrogen-bond acceptors (Lipinski definition) is 5. The SMILES string of the molecule is CCCCc1ccc(NS(=O)(=O)c2ccc(C)c(C(=O)NC(C)Cn3cncn3)c2)cc1. The van der Waals surface area contributed by atoms with Gasteiger partial charge >= 0.3 is 0 Å². The van der Waals surface area contributed by atoms with Crippen molar-refractivity contribution >= 4 is 21.6 Å². The Morgan fingerprint density at radius 2 is 1.91 bits per heavy atom. The van der Waals surface area contributed by atoms with Crippen LogP contribution in [0.5, 0.6) is 0 Å². The largest absolute Gasteiger partial charge is 0.348 e.